The normalized spacial score (nSPS) is 11.5. The van der Waals surface area contributed by atoms with Gasteiger partial charge in [0.2, 0.25) is 0 Å². The quantitative estimate of drug-likeness (QED) is 0.734. The molecule has 0 unspecified atom stereocenters. The van der Waals surface area contributed by atoms with Crippen LogP contribution in [0.1, 0.15) is 35.5 Å². The summed E-state index contributed by atoms with van der Waals surface area (Å²) in [6, 6.07) is 0. The van der Waals surface area contributed by atoms with Crippen LogP contribution in [-0.2, 0) is 19.5 Å². The molecule has 0 saturated heterocycles. The smallest absolute Gasteiger partial charge is 0.263 e. The molecule has 0 radical (unpaired) electrons. The van der Waals surface area contributed by atoms with Gasteiger partial charge in [0, 0.05) is 22.7 Å². The number of aromatic amines is 1. The minimum atomic E-state index is -0.00593. The predicted molar refractivity (Wildman–Crippen MR) is 97.1 cm³/mol. The third-order valence-corrected chi connectivity index (χ3v) is 5.71. The van der Waals surface area contributed by atoms with Crippen LogP contribution in [-0.4, -0.2) is 19.3 Å². The first-order valence-electron chi connectivity index (χ1n) is 7.74. The van der Waals surface area contributed by atoms with Gasteiger partial charge in [0.05, 0.1) is 18.1 Å². The monoisotopic (exact) mass is 348 g/mol. The second kappa shape index (κ2) is 6.05. The Labute approximate surface area is 143 Å². The Hall–Kier alpha value is -1.73. The summed E-state index contributed by atoms with van der Waals surface area (Å²) in [5.74, 6) is 0. The SMILES string of the molecule is CCc1c(C)sc2[nH]c(=S)n(Cc3cnn(CC)c3C)c(=O)c12. The molecule has 0 aliphatic rings. The van der Waals surface area contributed by atoms with Gasteiger partial charge in [-0.05, 0) is 45.0 Å². The fraction of sp³-hybridized carbons (Fsp3) is 0.438. The van der Waals surface area contributed by atoms with Crippen molar-refractivity contribution in [3.63, 3.8) is 0 Å². The lowest BCUT2D eigenvalue weighted by Gasteiger charge is -2.07. The van der Waals surface area contributed by atoms with Crippen molar-refractivity contribution in [2.75, 3.05) is 0 Å². The van der Waals surface area contributed by atoms with E-state index in [1.54, 1.807) is 15.9 Å². The second-order valence-electron chi connectivity index (χ2n) is 5.59. The van der Waals surface area contributed by atoms with Crippen molar-refractivity contribution in [3.05, 3.63) is 43.0 Å². The number of aryl methyl sites for hydroxylation is 3. The summed E-state index contributed by atoms with van der Waals surface area (Å²) in [7, 11) is 0. The molecular weight excluding hydrogens is 328 g/mol. The van der Waals surface area contributed by atoms with Gasteiger partial charge in [-0.2, -0.15) is 5.10 Å². The highest BCUT2D eigenvalue weighted by molar-refractivity contribution is 7.71. The van der Waals surface area contributed by atoms with E-state index < -0.39 is 0 Å². The van der Waals surface area contributed by atoms with Crippen molar-refractivity contribution in [1.29, 1.82) is 0 Å². The molecule has 1 N–H and O–H groups in total. The lowest BCUT2D eigenvalue weighted by molar-refractivity contribution is 0.635. The summed E-state index contributed by atoms with van der Waals surface area (Å²) in [5, 5.41) is 5.13. The molecule has 0 fully saturated rings. The zero-order valence-electron chi connectivity index (χ0n) is 13.8. The highest BCUT2D eigenvalue weighted by Crippen LogP contribution is 2.27. The lowest BCUT2D eigenvalue weighted by atomic mass is 10.1. The van der Waals surface area contributed by atoms with E-state index in [2.05, 4.69) is 30.9 Å². The third-order valence-electron chi connectivity index (χ3n) is 4.32. The van der Waals surface area contributed by atoms with Crippen molar-refractivity contribution in [2.45, 2.75) is 47.2 Å². The standard InChI is InChI=1S/C16H20N4OS2/c1-5-12-10(4)23-14-13(12)15(21)19(16(22)18-14)8-11-7-17-20(6-2)9(11)3/h7H,5-6,8H2,1-4H3,(H,18,22). The van der Waals surface area contributed by atoms with Crippen LogP contribution in [0.4, 0.5) is 0 Å². The number of H-pyrrole nitrogens is 1. The lowest BCUT2D eigenvalue weighted by Crippen LogP contribution is -2.23. The first-order chi connectivity index (χ1) is 11.0. The Kier molecular flexibility index (Phi) is 4.25. The number of hydrogen-bond donors (Lipinski definition) is 1. The van der Waals surface area contributed by atoms with E-state index in [9.17, 15) is 4.79 Å². The summed E-state index contributed by atoms with van der Waals surface area (Å²) in [5.41, 5.74) is 3.22. The summed E-state index contributed by atoms with van der Waals surface area (Å²) in [6.07, 6.45) is 2.67. The molecule has 0 aliphatic heterocycles. The minimum Gasteiger partial charge on any atom is -0.323 e. The molecule has 0 amide bonds. The van der Waals surface area contributed by atoms with Gasteiger partial charge in [0.1, 0.15) is 4.83 Å². The van der Waals surface area contributed by atoms with Gasteiger partial charge in [-0.25, -0.2) is 0 Å². The van der Waals surface area contributed by atoms with Gasteiger partial charge in [0.15, 0.2) is 4.77 Å². The Morgan fingerprint density at radius 2 is 2.09 bits per heavy atom. The van der Waals surface area contributed by atoms with Gasteiger partial charge >= 0.3 is 0 Å². The van der Waals surface area contributed by atoms with Crippen LogP contribution in [0.3, 0.4) is 0 Å². The average Bonchev–Trinajstić information content (AvgIpc) is 3.02. The molecule has 122 valence electrons. The van der Waals surface area contributed by atoms with Crippen LogP contribution in [0, 0.1) is 18.6 Å². The third kappa shape index (κ3) is 2.57. The van der Waals surface area contributed by atoms with Crippen molar-refractivity contribution in [2.24, 2.45) is 0 Å². The molecule has 3 heterocycles. The molecule has 23 heavy (non-hydrogen) atoms. The van der Waals surface area contributed by atoms with Crippen LogP contribution >= 0.6 is 23.6 Å². The Bertz CT molecular complexity index is 990. The fourth-order valence-electron chi connectivity index (χ4n) is 2.98. The molecule has 0 aliphatic carbocycles. The number of aromatic nitrogens is 4. The Morgan fingerprint density at radius 1 is 1.35 bits per heavy atom. The number of nitrogens with one attached hydrogen (secondary N) is 1. The highest BCUT2D eigenvalue weighted by atomic mass is 32.1. The highest BCUT2D eigenvalue weighted by Gasteiger charge is 2.16. The summed E-state index contributed by atoms with van der Waals surface area (Å²) < 4.78 is 4.04. The molecule has 5 nitrogen and oxygen atoms in total. The van der Waals surface area contributed by atoms with Gasteiger partial charge in [0.25, 0.3) is 5.56 Å². The molecule has 3 rings (SSSR count). The van der Waals surface area contributed by atoms with Crippen molar-refractivity contribution in [1.82, 2.24) is 19.3 Å². The van der Waals surface area contributed by atoms with Crippen LogP contribution in [0.15, 0.2) is 11.0 Å². The van der Waals surface area contributed by atoms with Gasteiger partial charge in [-0.3, -0.25) is 14.0 Å². The summed E-state index contributed by atoms with van der Waals surface area (Å²) in [6.45, 7) is 9.48. The number of nitrogens with zero attached hydrogens (tertiary/aromatic N) is 3. The van der Waals surface area contributed by atoms with E-state index in [4.69, 9.17) is 12.2 Å². The zero-order valence-corrected chi connectivity index (χ0v) is 15.4. The minimum absolute atomic E-state index is 0.00593. The Morgan fingerprint density at radius 3 is 2.70 bits per heavy atom. The van der Waals surface area contributed by atoms with Crippen LogP contribution in [0.2, 0.25) is 0 Å². The van der Waals surface area contributed by atoms with Gasteiger partial charge in [-0.15, -0.1) is 11.3 Å². The first-order valence-corrected chi connectivity index (χ1v) is 8.96. The van der Waals surface area contributed by atoms with E-state index in [0.717, 1.165) is 40.0 Å². The van der Waals surface area contributed by atoms with Crippen molar-refractivity contribution < 1.29 is 0 Å². The van der Waals surface area contributed by atoms with Crippen molar-refractivity contribution >= 4 is 33.8 Å². The molecule has 0 bridgehead atoms. The fourth-order valence-corrected chi connectivity index (χ4v) is 4.43. The second-order valence-corrected chi connectivity index (χ2v) is 7.20. The number of fused-ring (bicyclic) bond motifs is 1. The molecule has 0 aromatic carbocycles. The molecule has 0 atom stereocenters. The molecule has 0 saturated carbocycles. The number of hydrogen-bond acceptors (Lipinski definition) is 4. The van der Waals surface area contributed by atoms with E-state index >= 15 is 0 Å². The Balaban J connectivity index is 2.19. The maximum Gasteiger partial charge on any atom is 0.263 e. The van der Waals surface area contributed by atoms with Crippen LogP contribution in [0.5, 0.6) is 0 Å². The summed E-state index contributed by atoms with van der Waals surface area (Å²) in [4.78, 5) is 18.3. The van der Waals surface area contributed by atoms with E-state index in [1.165, 1.54) is 4.88 Å². The van der Waals surface area contributed by atoms with Crippen LogP contribution in [0.25, 0.3) is 10.2 Å². The largest absolute Gasteiger partial charge is 0.323 e. The topological polar surface area (TPSA) is 55.6 Å². The maximum absolute atomic E-state index is 13.0. The molecule has 7 heteroatoms. The zero-order chi connectivity index (χ0) is 16.7. The average molecular weight is 348 g/mol. The van der Waals surface area contributed by atoms with E-state index in [0.29, 0.717) is 11.3 Å². The molecule has 0 spiro atoms. The van der Waals surface area contributed by atoms with E-state index in [-0.39, 0.29) is 5.56 Å². The number of rotatable bonds is 4. The van der Waals surface area contributed by atoms with Gasteiger partial charge < -0.3 is 4.98 Å². The predicted octanol–water partition coefficient (Wildman–Crippen LogP) is 3.56. The van der Waals surface area contributed by atoms with E-state index in [1.807, 2.05) is 17.8 Å². The molecule has 3 aromatic rings. The molecular formula is C16H20N4OS2. The van der Waals surface area contributed by atoms with Crippen molar-refractivity contribution in [3.8, 4) is 0 Å². The number of thiophene rings is 1. The summed E-state index contributed by atoms with van der Waals surface area (Å²) >= 11 is 7.03. The van der Waals surface area contributed by atoms with Crippen LogP contribution < -0.4 is 5.56 Å². The van der Waals surface area contributed by atoms with Gasteiger partial charge in [-0.1, -0.05) is 6.92 Å². The molecule has 3 aromatic heterocycles. The first kappa shape index (κ1) is 16.1. The maximum atomic E-state index is 13.0.